The van der Waals surface area contributed by atoms with E-state index in [1.807, 2.05) is 0 Å². The third-order valence-corrected chi connectivity index (χ3v) is 5.98. The van der Waals surface area contributed by atoms with Crippen LogP contribution in [0.15, 0.2) is 18.2 Å². The van der Waals surface area contributed by atoms with Crippen molar-refractivity contribution >= 4 is 22.1 Å². The van der Waals surface area contributed by atoms with Gasteiger partial charge in [0.05, 0.1) is 0 Å². The fourth-order valence-corrected chi connectivity index (χ4v) is 3.92. The third kappa shape index (κ3) is 4.59. The number of halogens is 18. The molecule has 2 aromatic carbocycles. The van der Waals surface area contributed by atoms with Gasteiger partial charge in [0.2, 0.25) is 0 Å². The lowest BCUT2D eigenvalue weighted by Gasteiger charge is -2.39. The van der Waals surface area contributed by atoms with Crippen molar-refractivity contribution in [3.05, 3.63) is 34.9 Å². The molecular weight excluding hydrogens is 646 g/mol. The maximum Gasteiger partial charge on any atom is 0.430 e. The van der Waals surface area contributed by atoms with Gasteiger partial charge in [0.1, 0.15) is 0 Å². The number of benzene rings is 2. The third-order valence-electron chi connectivity index (χ3n) is 5.98. The molecule has 0 saturated heterocycles. The van der Waals surface area contributed by atoms with Crippen LogP contribution in [0.3, 0.4) is 0 Å². The van der Waals surface area contributed by atoms with Crippen molar-refractivity contribution in [2.45, 2.75) is 53.9 Å². The molecule has 2 rings (SSSR count). The highest BCUT2D eigenvalue weighted by Gasteiger charge is 2.76. The Balaban J connectivity index is 3.64. The van der Waals surface area contributed by atoms with Crippen LogP contribution in [0.2, 0.25) is 0 Å². The summed E-state index contributed by atoms with van der Waals surface area (Å²) in [4.78, 5) is 0. The fraction of sp³-hybridized carbons (Fsp3) is 0.474. The molecule has 0 amide bonds. The zero-order chi connectivity index (χ0) is 33.7. The van der Waals surface area contributed by atoms with Gasteiger partial charge in [-0.3, -0.25) is 0 Å². The first-order chi connectivity index (χ1) is 18.2. The van der Waals surface area contributed by atoms with Crippen LogP contribution in [-0.2, 0) is 16.8 Å². The van der Waals surface area contributed by atoms with Gasteiger partial charge in [0.25, 0.3) is 16.8 Å². The molecule has 23 heteroatoms. The molecule has 5 nitrogen and oxygen atoms in total. The van der Waals surface area contributed by atoms with Crippen molar-refractivity contribution in [2.24, 2.45) is 0 Å². The van der Waals surface area contributed by atoms with E-state index in [1.54, 1.807) is 0 Å². The van der Waals surface area contributed by atoms with E-state index in [-0.39, 0.29) is 6.07 Å². The number of fused-ring (bicyclic) bond motifs is 1. The predicted octanol–water partition coefficient (Wildman–Crippen LogP) is 5.94. The number of hydrogen-bond donors (Lipinski definition) is 5. The monoisotopic (exact) mass is 656 g/mol. The summed E-state index contributed by atoms with van der Waals surface area (Å²) in [5.74, 6) is 0. The van der Waals surface area contributed by atoms with E-state index in [0.29, 0.717) is 0 Å². The summed E-state index contributed by atoms with van der Waals surface area (Å²) in [5, 5.41) is 23.9. The lowest BCUT2D eigenvalue weighted by molar-refractivity contribution is -0.378. The Bertz CT molecular complexity index is 1320. The van der Waals surface area contributed by atoms with Gasteiger partial charge >= 0.3 is 37.1 Å². The number of alkyl halides is 18. The lowest BCUT2D eigenvalue weighted by Crippen LogP contribution is -2.57. The summed E-state index contributed by atoms with van der Waals surface area (Å²) in [6.45, 7) is 0. The second-order valence-electron chi connectivity index (χ2n) is 8.46. The van der Waals surface area contributed by atoms with E-state index in [4.69, 9.17) is 11.5 Å². The highest BCUT2D eigenvalue weighted by molar-refractivity contribution is 6.03. The van der Waals surface area contributed by atoms with Crippen LogP contribution >= 0.6 is 0 Å². The highest BCUT2D eigenvalue weighted by Crippen LogP contribution is 2.60. The number of nitrogen functional groups attached to an aromatic ring is 2. The molecule has 0 aliphatic heterocycles. The summed E-state index contributed by atoms with van der Waals surface area (Å²) >= 11 is 0. The number of hydrogen-bond acceptors (Lipinski definition) is 5. The molecule has 0 unspecified atom stereocenters. The van der Waals surface area contributed by atoms with Gasteiger partial charge < -0.3 is 26.8 Å². The first-order valence-corrected chi connectivity index (χ1v) is 9.89. The molecule has 0 radical (unpaired) electrons. The summed E-state index contributed by atoms with van der Waals surface area (Å²) in [5.41, 5.74) is -24.9. The first kappa shape index (κ1) is 35.1. The minimum Gasteiger partial charge on any atom is -0.398 e. The summed E-state index contributed by atoms with van der Waals surface area (Å²) in [7, 11) is 0. The average molecular weight is 656 g/mol. The van der Waals surface area contributed by atoms with Gasteiger partial charge in [0.15, 0.2) is 0 Å². The maximum absolute atomic E-state index is 13.8. The molecule has 42 heavy (non-hydrogen) atoms. The second kappa shape index (κ2) is 9.21. The fourth-order valence-electron chi connectivity index (χ4n) is 3.92. The molecule has 0 heterocycles. The van der Waals surface area contributed by atoms with Crippen molar-refractivity contribution in [1.29, 1.82) is 0 Å². The number of anilines is 2. The average Bonchev–Trinajstić information content (AvgIpc) is 2.73. The molecule has 240 valence electrons. The Morgan fingerprint density at radius 1 is 0.452 bits per heavy atom. The molecule has 0 aromatic heterocycles. The van der Waals surface area contributed by atoms with E-state index in [9.17, 15) is 94.3 Å². The molecular formula is C19H10F18N2O3. The summed E-state index contributed by atoms with van der Waals surface area (Å²) < 4.78 is 245. The zero-order valence-electron chi connectivity index (χ0n) is 19.0. The molecule has 0 fully saturated rings. The Morgan fingerprint density at radius 3 is 1.07 bits per heavy atom. The van der Waals surface area contributed by atoms with Crippen LogP contribution < -0.4 is 11.5 Å². The van der Waals surface area contributed by atoms with Gasteiger partial charge in [-0.25, -0.2) is 0 Å². The molecule has 0 saturated carbocycles. The standard InChI is InChI=1S/C19H10F18N2O3/c20-14(21,22)11(40,15(23,24)25)5-1-2-7(38)8-4(5)3-6(12(41,16(26,27)28)17(29,30)31)10(39)9(8)13(42,18(32,33)34)19(35,36)37/h1-3,40-42H,38-39H2. The molecule has 2 aromatic rings. The largest absolute Gasteiger partial charge is 0.430 e. The van der Waals surface area contributed by atoms with E-state index in [0.717, 1.165) is 0 Å². The Morgan fingerprint density at radius 2 is 0.762 bits per heavy atom. The van der Waals surface area contributed by atoms with E-state index < -0.39 is 105 Å². The number of aliphatic hydroxyl groups is 3. The highest BCUT2D eigenvalue weighted by atomic mass is 19.4. The van der Waals surface area contributed by atoms with Crippen molar-refractivity contribution in [1.82, 2.24) is 0 Å². The van der Waals surface area contributed by atoms with Crippen LogP contribution in [0.5, 0.6) is 0 Å². The SMILES string of the molecule is Nc1c(C(O)(C(F)(F)F)C(F)(F)F)cc2c(C(O)(C(F)(F)F)C(F)(F)F)ccc(N)c2c1C(O)(C(F)(F)F)C(F)(F)F. The molecule has 0 atom stereocenters. The van der Waals surface area contributed by atoms with Crippen molar-refractivity contribution in [3.63, 3.8) is 0 Å². The van der Waals surface area contributed by atoms with E-state index in [1.165, 1.54) is 0 Å². The Labute approximate surface area is 217 Å². The minimum absolute atomic E-state index is 0.352. The van der Waals surface area contributed by atoms with Gasteiger partial charge in [-0.1, -0.05) is 6.07 Å². The predicted molar refractivity (Wildman–Crippen MR) is 101 cm³/mol. The summed E-state index contributed by atoms with van der Waals surface area (Å²) in [6.07, 6.45) is -43.4. The molecule has 0 spiro atoms. The van der Waals surface area contributed by atoms with Gasteiger partial charge in [-0.15, -0.1) is 0 Å². The lowest BCUT2D eigenvalue weighted by atomic mass is 9.77. The van der Waals surface area contributed by atoms with Crippen LogP contribution in [0.1, 0.15) is 16.7 Å². The van der Waals surface area contributed by atoms with Crippen LogP contribution in [0, 0.1) is 0 Å². The van der Waals surface area contributed by atoms with Crippen LogP contribution in [0.4, 0.5) is 90.4 Å². The molecule has 7 N–H and O–H groups in total. The van der Waals surface area contributed by atoms with Gasteiger partial charge in [-0.05, 0) is 17.5 Å². The quantitative estimate of drug-likeness (QED) is 0.208. The van der Waals surface area contributed by atoms with Gasteiger partial charge in [0, 0.05) is 33.5 Å². The van der Waals surface area contributed by atoms with Crippen LogP contribution in [-0.4, -0.2) is 52.4 Å². The number of nitrogens with two attached hydrogens (primary N) is 2. The molecule has 0 bridgehead atoms. The van der Waals surface area contributed by atoms with E-state index >= 15 is 0 Å². The van der Waals surface area contributed by atoms with Crippen molar-refractivity contribution in [2.75, 3.05) is 11.5 Å². The van der Waals surface area contributed by atoms with Crippen molar-refractivity contribution in [3.8, 4) is 0 Å². The Kier molecular flexibility index (Phi) is 7.70. The maximum atomic E-state index is 13.8. The smallest absolute Gasteiger partial charge is 0.398 e. The molecule has 0 aliphatic rings. The van der Waals surface area contributed by atoms with E-state index in [2.05, 4.69) is 0 Å². The number of rotatable bonds is 3. The normalized spacial score (nSPS) is 15.5. The second-order valence-corrected chi connectivity index (χ2v) is 8.46. The Hall–Kier alpha value is -3.08. The first-order valence-electron chi connectivity index (χ1n) is 9.89. The minimum atomic E-state index is -7.31. The van der Waals surface area contributed by atoms with Crippen molar-refractivity contribution < 1.29 is 94.3 Å². The summed E-state index contributed by atoms with van der Waals surface area (Å²) in [6, 6.07) is -2.23. The van der Waals surface area contributed by atoms with Gasteiger partial charge in [-0.2, -0.15) is 79.0 Å². The molecule has 0 aliphatic carbocycles. The topological polar surface area (TPSA) is 113 Å². The zero-order valence-corrected chi connectivity index (χ0v) is 19.0. The van der Waals surface area contributed by atoms with Crippen LogP contribution in [0.25, 0.3) is 10.8 Å².